The van der Waals surface area contributed by atoms with Crippen LogP contribution in [0.5, 0.6) is 0 Å². The number of hydrogen-bond donors (Lipinski definition) is 0. The third-order valence-corrected chi connectivity index (χ3v) is 4.64. The lowest BCUT2D eigenvalue weighted by atomic mass is 9.64. The second-order valence-electron chi connectivity index (χ2n) is 5.89. The molecule has 0 aromatic heterocycles. The van der Waals surface area contributed by atoms with Crippen LogP contribution >= 0.6 is 11.6 Å². The molecule has 17 heavy (non-hydrogen) atoms. The Labute approximate surface area is 108 Å². The normalized spacial score (nSPS) is 47.3. The highest BCUT2D eigenvalue weighted by molar-refractivity contribution is 6.25. The zero-order valence-corrected chi connectivity index (χ0v) is 11.3. The highest BCUT2D eigenvalue weighted by Gasteiger charge is 2.54. The third kappa shape index (κ3) is 1.78. The van der Waals surface area contributed by atoms with Gasteiger partial charge in [-0.15, -0.1) is 0 Å². The van der Waals surface area contributed by atoms with E-state index in [9.17, 15) is 0 Å². The second-order valence-corrected chi connectivity index (χ2v) is 6.10. The first-order valence-electron chi connectivity index (χ1n) is 6.33. The Morgan fingerprint density at radius 1 is 1.29 bits per heavy atom. The fourth-order valence-corrected chi connectivity index (χ4v) is 3.69. The van der Waals surface area contributed by atoms with E-state index in [0.29, 0.717) is 17.8 Å². The molecule has 1 saturated carbocycles. The van der Waals surface area contributed by atoms with Gasteiger partial charge in [0.05, 0.1) is 12.2 Å². The van der Waals surface area contributed by atoms with Crippen LogP contribution in [0.1, 0.15) is 27.2 Å². The van der Waals surface area contributed by atoms with Crippen molar-refractivity contribution in [1.29, 1.82) is 0 Å². The molecule has 1 unspecified atom stereocenters. The molecule has 2 bridgehead atoms. The largest absolute Gasteiger partial charge is 0.344 e. The summed E-state index contributed by atoms with van der Waals surface area (Å²) in [5, 5.41) is 0. The van der Waals surface area contributed by atoms with Crippen molar-refractivity contribution >= 4 is 11.6 Å². The first-order valence-corrected chi connectivity index (χ1v) is 6.76. The molecule has 0 N–H and O–H groups in total. The maximum absolute atomic E-state index is 6.07. The Kier molecular flexibility index (Phi) is 2.66. The number of ether oxygens (including phenoxy) is 2. The van der Waals surface area contributed by atoms with Gasteiger partial charge in [0.1, 0.15) is 0 Å². The van der Waals surface area contributed by atoms with Crippen molar-refractivity contribution in [2.75, 3.05) is 0 Å². The highest BCUT2D eigenvalue weighted by atomic mass is 35.5. The van der Waals surface area contributed by atoms with Crippen LogP contribution in [-0.4, -0.2) is 18.0 Å². The molecule has 0 amide bonds. The molecular weight excluding hydrogens is 236 g/mol. The molecule has 1 heterocycles. The predicted molar refractivity (Wildman–Crippen MR) is 67.7 cm³/mol. The van der Waals surface area contributed by atoms with Gasteiger partial charge in [-0.05, 0) is 33.1 Å². The molecule has 3 heteroatoms. The number of fused-ring (bicyclic) bond motifs is 1. The monoisotopic (exact) mass is 254 g/mol. The summed E-state index contributed by atoms with van der Waals surface area (Å²) in [7, 11) is 0. The van der Waals surface area contributed by atoms with Gasteiger partial charge in [0, 0.05) is 17.4 Å². The van der Waals surface area contributed by atoms with Gasteiger partial charge in [-0.3, -0.25) is 0 Å². The van der Waals surface area contributed by atoms with Crippen LogP contribution in [0, 0.1) is 17.8 Å². The van der Waals surface area contributed by atoms with Gasteiger partial charge in [-0.25, -0.2) is 0 Å². The molecule has 0 aromatic carbocycles. The molecule has 0 radical (unpaired) electrons. The molecule has 0 spiro atoms. The highest BCUT2D eigenvalue weighted by Crippen LogP contribution is 2.51. The maximum atomic E-state index is 6.07. The zero-order chi connectivity index (χ0) is 12.2. The van der Waals surface area contributed by atoms with E-state index in [0.717, 1.165) is 6.42 Å². The van der Waals surface area contributed by atoms with E-state index < -0.39 is 5.79 Å². The quantitative estimate of drug-likeness (QED) is 0.667. The van der Waals surface area contributed by atoms with Crippen LogP contribution in [0.15, 0.2) is 23.3 Å². The van der Waals surface area contributed by atoms with Crippen molar-refractivity contribution < 1.29 is 9.47 Å². The predicted octanol–water partition coefficient (Wildman–Crippen LogP) is 3.47. The van der Waals surface area contributed by atoms with Crippen molar-refractivity contribution in [3.05, 3.63) is 23.3 Å². The fraction of sp³-hybridized carbons (Fsp3) is 0.714. The maximum Gasteiger partial charge on any atom is 0.163 e. The Hall–Kier alpha value is -0.310. The van der Waals surface area contributed by atoms with Crippen LogP contribution in [0.2, 0.25) is 0 Å². The summed E-state index contributed by atoms with van der Waals surface area (Å²) < 4.78 is 12.1. The summed E-state index contributed by atoms with van der Waals surface area (Å²) >= 11 is 5.86. The zero-order valence-electron chi connectivity index (χ0n) is 10.5. The van der Waals surface area contributed by atoms with Gasteiger partial charge < -0.3 is 9.47 Å². The van der Waals surface area contributed by atoms with E-state index in [1.165, 1.54) is 5.57 Å². The molecule has 0 aromatic rings. The van der Waals surface area contributed by atoms with Crippen molar-refractivity contribution in [3.8, 4) is 0 Å². The van der Waals surface area contributed by atoms with E-state index in [1.54, 1.807) is 5.54 Å². The Morgan fingerprint density at radius 2 is 2.00 bits per heavy atom. The first kappa shape index (κ1) is 11.8. The number of halogens is 1. The standard InChI is InChI=1S/C14H19ClO2/c1-8(7-15)11-6-9-4-5-10(11)13-12(9)16-14(2,3)17-13/h4-5,7,9-13H,6H2,1-3H3/b8-7+/t9-,10+,11?,12-,13+/m0/s1. The molecule has 3 aliphatic carbocycles. The second kappa shape index (κ2) is 3.84. The van der Waals surface area contributed by atoms with Crippen LogP contribution in [-0.2, 0) is 9.47 Å². The smallest absolute Gasteiger partial charge is 0.163 e. The van der Waals surface area contributed by atoms with Crippen molar-refractivity contribution in [2.24, 2.45) is 17.8 Å². The van der Waals surface area contributed by atoms with E-state index in [2.05, 4.69) is 19.1 Å². The molecule has 2 fully saturated rings. The Balaban J connectivity index is 1.90. The average molecular weight is 255 g/mol. The summed E-state index contributed by atoms with van der Waals surface area (Å²) in [5.41, 5.74) is 2.98. The van der Waals surface area contributed by atoms with Gasteiger partial charge >= 0.3 is 0 Å². The number of allylic oxidation sites excluding steroid dienone is 1. The van der Waals surface area contributed by atoms with Gasteiger partial charge in [0.25, 0.3) is 0 Å². The lowest BCUT2D eigenvalue weighted by Gasteiger charge is -2.44. The Morgan fingerprint density at radius 3 is 2.71 bits per heavy atom. The van der Waals surface area contributed by atoms with Gasteiger partial charge in [-0.2, -0.15) is 0 Å². The third-order valence-electron chi connectivity index (χ3n) is 4.29. The number of rotatable bonds is 1. The fourth-order valence-electron chi connectivity index (χ4n) is 3.53. The molecule has 2 nitrogen and oxygen atoms in total. The van der Waals surface area contributed by atoms with Gasteiger partial charge in [0.2, 0.25) is 0 Å². The SMILES string of the molecule is C/C(=C\Cl)C1C[C@@H]2C=C[C@H]1[C@H]1OC(C)(C)O[C@H]12. The van der Waals surface area contributed by atoms with Crippen LogP contribution in [0.3, 0.4) is 0 Å². The van der Waals surface area contributed by atoms with E-state index in [1.807, 2.05) is 13.8 Å². The topological polar surface area (TPSA) is 18.5 Å². The van der Waals surface area contributed by atoms with Crippen LogP contribution in [0.25, 0.3) is 0 Å². The van der Waals surface area contributed by atoms with Crippen LogP contribution < -0.4 is 0 Å². The minimum Gasteiger partial charge on any atom is -0.344 e. The lowest BCUT2D eigenvalue weighted by molar-refractivity contribution is -0.148. The van der Waals surface area contributed by atoms with E-state index in [4.69, 9.17) is 21.1 Å². The van der Waals surface area contributed by atoms with E-state index in [-0.39, 0.29) is 12.2 Å². The van der Waals surface area contributed by atoms with E-state index >= 15 is 0 Å². The molecule has 1 saturated heterocycles. The summed E-state index contributed by atoms with van der Waals surface area (Å²) in [6.07, 6.45) is 6.17. The molecule has 94 valence electrons. The van der Waals surface area contributed by atoms with Crippen molar-refractivity contribution in [3.63, 3.8) is 0 Å². The first-order chi connectivity index (χ1) is 8.02. The average Bonchev–Trinajstić information content (AvgIpc) is 2.65. The number of hydrogen-bond acceptors (Lipinski definition) is 2. The van der Waals surface area contributed by atoms with Gasteiger partial charge in [0.15, 0.2) is 5.79 Å². The van der Waals surface area contributed by atoms with Crippen LogP contribution in [0.4, 0.5) is 0 Å². The molecule has 4 rings (SSSR count). The molecule has 4 aliphatic rings. The summed E-state index contributed by atoms with van der Waals surface area (Å²) in [6.45, 7) is 6.12. The summed E-state index contributed by atoms with van der Waals surface area (Å²) in [5.74, 6) is 0.970. The van der Waals surface area contributed by atoms with Crippen molar-refractivity contribution in [2.45, 2.75) is 45.2 Å². The molecule has 5 atom stereocenters. The minimum atomic E-state index is -0.439. The lowest BCUT2D eigenvalue weighted by Crippen LogP contribution is -2.48. The summed E-state index contributed by atoms with van der Waals surface area (Å²) in [6, 6.07) is 0. The minimum absolute atomic E-state index is 0.199. The molecule has 1 aliphatic heterocycles. The Bertz CT molecular complexity index is 386. The van der Waals surface area contributed by atoms with Gasteiger partial charge in [-0.1, -0.05) is 29.3 Å². The van der Waals surface area contributed by atoms with Crippen molar-refractivity contribution in [1.82, 2.24) is 0 Å². The molecular formula is C14H19ClO2. The summed E-state index contributed by atoms with van der Waals surface area (Å²) in [4.78, 5) is 0.